The predicted molar refractivity (Wildman–Crippen MR) is 110 cm³/mol. The summed E-state index contributed by atoms with van der Waals surface area (Å²) in [6.45, 7) is 1.26. The number of nitrogens with one attached hydrogen (secondary N) is 1. The monoisotopic (exact) mass is 421 g/mol. The van der Waals surface area contributed by atoms with Crippen LogP contribution < -0.4 is 15.8 Å². The van der Waals surface area contributed by atoms with Gasteiger partial charge in [-0.05, 0) is 55.3 Å². The van der Waals surface area contributed by atoms with Crippen LogP contribution in [0.1, 0.15) is 18.4 Å². The largest absolute Gasteiger partial charge is 0.482 e. The number of hydrogen-bond donors (Lipinski definition) is 2. The Hall–Kier alpha value is -2.28. The number of carbonyl (C=O) groups excluding carboxylic acids is 2. The highest BCUT2D eigenvalue weighted by Crippen LogP contribution is 2.27. The summed E-state index contributed by atoms with van der Waals surface area (Å²) in [5, 5.41) is 3.64. The number of primary amides is 1. The van der Waals surface area contributed by atoms with E-state index >= 15 is 0 Å². The molecule has 0 spiro atoms. The van der Waals surface area contributed by atoms with E-state index in [1.807, 2.05) is 18.2 Å². The van der Waals surface area contributed by atoms with E-state index in [4.69, 9.17) is 33.7 Å². The molecule has 1 fully saturated rings. The van der Waals surface area contributed by atoms with Gasteiger partial charge in [0.2, 0.25) is 5.91 Å². The summed E-state index contributed by atoms with van der Waals surface area (Å²) in [6, 6.07) is 12.1. The molecule has 6 nitrogen and oxygen atoms in total. The first-order valence-electron chi connectivity index (χ1n) is 8.92. The number of ether oxygens (including phenoxy) is 1. The van der Waals surface area contributed by atoms with Crippen LogP contribution >= 0.6 is 23.2 Å². The van der Waals surface area contributed by atoms with E-state index in [1.54, 1.807) is 24.3 Å². The van der Waals surface area contributed by atoms with Gasteiger partial charge in [-0.1, -0.05) is 35.3 Å². The molecule has 1 saturated heterocycles. The van der Waals surface area contributed by atoms with Gasteiger partial charge in [0.25, 0.3) is 5.91 Å². The third kappa shape index (κ3) is 5.38. The maximum absolute atomic E-state index is 12.2. The highest BCUT2D eigenvalue weighted by atomic mass is 35.5. The molecule has 1 heterocycles. The second-order valence-corrected chi connectivity index (χ2v) is 7.49. The van der Waals surface area contributed by atoms with Gasteiger partial charge >= 0.3 is 0 Å². The highest BCUT2D eigenvalue weighted by molar-refractivity contribution is 6.35. The molecule has 0 saturated carbocycles. The third-order valence-electron chi connectivity index (χ3n) is 4.54. The maximum Gasteiger partial charge on any atom is 0.262 e. The summed E-state index contributed by atoms with van der Waals surface area (Å²) in [5.74, 6) is -0.208. The van der Waals surface area contributed by atoms with Gasteiger partial charge in [0.1, 0.15) is 5.75 Å². The first kappa shape index (κ1) is 20.5. The molecule has 2 amide bonds. The van der Waals surface area contributed by atoms with Crippen molar-refractivity contribution >= 4 is 40.7 Å². The minimum absolute atomic E-state index is 0.179. The Morgan fingerprint density at radius 3 is 2.79 bits per heavy atom. The summed E-state index contributed by atoms with van der Waals surface area (Å²) in [5.41, 5.74) is 7.12. The van der Waals surface area contributed by atoms with Crippen molar-refractivity contribution in [1.29, 1.82) is 0 Å². The van der Waals surface area contributed by atoms with Crippen LogP contribution in [0.5, 0.6) is 5.75 Å². The molecule has 2 aromatic carbocycles. The van der Waals surface area contributed by atoms with Crippen molar-refractivity contribution in [3.8, 4) is 5.75 Å². The number of halogens is 2. The molecule has 1 aliphatic heterocycles. The SMILES string of the molecule is NC(=O)C1CCCN1Cc1cccc(NC(=O)COc2ccc(Cl)cc2Cl)c1. The van der Waals surface area contributed by atoms with Crippen molar-refractivity contribution in [2.24, 2.45) is 5.73 Å². The zero-order valence-corrected chi connectivity index (χ0v) is 16.7. The average Bonchev–Trinajstić information content (AvgIpc) is 3.09. The molecule has 28 heavy (non-hydrogen) atoms. The van der Waals surface area contributed by atoms with E-state index in [1.165, 1.54) is 0 Å². The van der Waals surface area contributed by atoms with Crippen LogP contribution in [0.4, 0.5) is 5.69 Å². The van der Waals surface area contributed by atoms with Gasteiger partial charge < -0.3 is 15.8 Å². The highest BCUT2D eigenvalue weighted by Gasteiger charge is 2.28. The fourth-order valence-corrected chi connectivity index (χ4v) is 3.72. The molecule has 3 N–H and O–H groups in total. The van der Waals surface area contributed by atoms with Crippen molar-refractivity contribution < 1.29 is 14.3 Å². The molecule has 1 aliphatic rings. The lowest BCUT2D eigenvalue weighted by Crippen LogP contribution is -2.39. The van der Waals surface area contributed by atoms with Crippen molar-refractivity contribution in [3.63, 3.8) is 0 Å². The first-order valence-corrected chi connectivity index (χ1v) is 9.68. The molecule has 8 heteroatoms. The Labute approximate surface area is 173 Å². The van der Waals surface area contributed by atoms with Crippen LogP contribution in [0.15, 0.2) is 42.5 Å². The van der Waals surface area contributed by atoms with Gasteiger partial charge in [-0.15, -0.1) is 0 Å². The number of likely N-dealkylation sites (tertiary alicyclic amines) is 1. The minimum Gasteiger partial charge on any atom is -0.482 e. The Bertz CT molecular complexity index is 876. The molecule has 0 bridgehead atoms. The number of nitrogens with two attached hydrogens (primary N) is 1. The number of hydrogen-bond acceptors (Lipinski definition) is 4. The van der Waals surface area contributed by atoms with Crippen molar-refractivity contribution in [1.82, 2.24) is 4.90 Å². The second-order valence-electron chi connectivity index (χ2n) is 6.64. The van der Waals surface area contributed by atoms with Gasteiger partial charge in [0.05, 0.1) is 11.1 Å². The van der Waals surface area contributed by atoms with Crippen LogP contribution in [0, 0.1) is 0 Å². The summed E-state index contributed by atoms with van der Waals surface area (Å²) in [4.78, 5) is 25.8. The van der Waals surface area contributed by atoms with E-state index in [2.05, 4.69) is 10.2 Å². The number of anilines is 1. The van der Waals surface area contributed by atoms with Gasteiger partial charge in [0, 0.05) is 17.3 Å². The molecular formula is C20H21Cl2N3O3. The lowest BCUT2D eigenvalue weighted by atomic mass is 10.1. The van der Waals surface area contributed by atoms with Crippen LogP contribution in [0.25, 0.3) is 0 Å². The number of nitrogens with zero attached hydrogens (tertiary/aromatic N) is 1. The summed E-state index contributed by atoms with van der Waals surface area (Å²) < 4.78 is 5.44. The van der Waals surface area contributed by atoms with Crippen LogP contribution in [-0.2, 0) is 16.1 Å². The summed E-state index contributed by atoms with van der Waals surface area (Å²) >= 11 is 11.9. The average molecular weight is 422 g/mol. The maximum atomic E-state index is 12.2. The van der Waals surface area contributed by atoms with Gasteiger partial charge in [-0.2, -0.15) is 0 Å². The molecule has 148 valence electrons. The molecular weight excluding hydrogens is 401 g/mol. The van der Waals surface area contributed by atoms with E-state index in [9.17, 15) is 9.59 Å². The second kappa shape index (κ2) is 9.28. The Kier molecular flexibility index (Phi) is 6.78. The van der Waals surface area contributed by atoms with E-state index in [0.29, 0.717) is 28.0 Å². The summed E-state index contributed by atoms with van der Waals surface area (Å²) in [7, 11) is 0. The lowest BCUT2D eigenvalue weighted by Gasteiger charge is -2.22. The van der Waals surface area contributed by atoms with Gasteiger partial charge in [0.15, 0.2) is 6.61 Å². The Morgan fingerprint density at radius 2 is 2.04 bits per heavy atom. The fourth-order valence-electron chi connectivity index (χ4n) is 3.25. The van der Waals surface area contributed by atoms with Gasteiger partial charge in [-0.25, -0.2) is 0 Å². The smallest absolute Gasteiger partial charge is 0.262 e. The molecule has 0 aromatic heterocycles. The third-order valence-corrected chi connectivity index (χ3v) is 5.07. The molecule has 1 unspecified atom stereocenters. The van der Waals surface area contributed by atoms with Crippen molar-refractivity contribution in [2.75, 3.05) is 18.5 Å². The minimum atomic E-state index is -0.306. The first-order chi connectivity index (χ1) is 13.4. The zero-order chi connectivity index (χ0) is 20.1. The van der Waals surface area contributed by atoms with Crippen molar-refractivity contribution in [2.45, 2.75) is 25.4 Å². The molecule has 1 atom stereocenters. The normalized spacial score (nSPS) is 16.7. The standard InChI is InChI=1S/C20H21Cl2N3O3/c21-14-6-7-18(16(22)10-14)28-12-19(26)24-15-4-1-3-13(9-15)11-25-8-2-5-17(25)20(23)27/h1,3-4,6-7,9-10,17H,2,5,8,11-12H2,(H2,23,27)(H,24,26). The Balaban J connectivity index is 1.56. The number of rotatable bonds is 7. The van der Waals surface area contributed by atoms with E-state index < -0.39 is 0 Å². The Morgan fingerprint density at radius 1 is 1.21 bits per heavy atom. The molecule has 2 aromatic rings. The fraction of sp³-hybridized carbons (Fsp3) is 0.300. The van der Waals surface area contributed by atoms with Crippen molar-refractivity contribution in [3.05, 3.63) is 58.1 Å². The lowest BCUT2D eigenvalue weighted by molar-refractivity contribution is -0.122. The number of amides is 2. The zero-order valence-electron chi connectivity index (χ0n) is 15.2. The molecule has 0 aliphatic carbocycles. The van der Waals surface area contributed by atoms with E-state index in [-0.39, 0.29) is 24.5 Å². The van der Waals surface area contributed by atoms with Crippen LogP contribution in [0.2, 0.25) is 10.0 Å². The van der Waals surface area contributed by atoms with Gasteiger partial charge in [-0.3, -0.25) is 14.5 Å². The summed E-state index contributed by atoms with van der Waals surface area (Å²) in [6.07, 6.45) is 1.74. The number of benzene rings is 2. The molecule has 3 rings (SSSR count). The van der Waals surface area contributed by atoms with Crippen LogP contribution in [0.3, 0.4) is 0 Å². The van der Waals surface area contributed by atoms with Crippen LogP contribution in [-0.4, -0.2) is 35.9 Å². The van der Waals surface area contributed by atoms with E-state index in [0.717, 1.165) is 24.9 Å². The molecule has 0 radical (unpaired) electrons. The predicted octanol–water partition coefficient (Wildman–Crippen LogP) is 3.46. The quantitative estimate of drug-likeness (QED) is 0.716. The number of carbonyl (C=O) groups is 2. The topological polar surface area (TPSA) is 84.7 Å².